The highest BCUT2D eigenvalue weighted by atomic mass is 15.1. The number of aromatic nitrogens is 3. The van der Waals surface area contributed by atoms with Gasteiger partial charge in [0.25, 0.3) is 0 Å². The molecule has 0 N–H and O–H groups in total. The molecule has 0 saturated heterocycles. The number of fused-ring (bicyclic) bond motifs is 2. The summed E-state index contributed by atoms with van der Waals surface area (Å²) in [7, 11) is 0. The minimum Gasteiger partial charge on any atom is -0.292 e. The first-order chi connectivity index (χ1) is 27.2. The van der Waals surface area contributed by atoms with Gasteiger partial charge in [-0.3, -0.25) is 4.57 Å². The van der Waals surface area contributed by atoms with Crippen LogP contribution < -0.4 is 0 Å². The summed E-state index contributed by atoms with van der Waals surface area (Å²) in [6.45, 7) is 0. The monoisotopic (exact) mass is 701 g/mol. The third-order valence-corrected chi connectivity index (χ3v) is 10.5. The lowest BCUT2D eigenvalue weighted by molar-refractivity contribution is 1.10. The number of imidazole rings is 1. The molecule has 0 unspecified atom stereocenters. The lowest BCUT2D eigenvalue weighted by Gasteiger charge is -2.14. The van der Waals surface area contributed by atoms with Crippen molar-refractivity contribution in [3.05, 3.63) is 212 Å². The van der Waals surface area contributed by atoms with Crippen LogP contribution in [0.1, 0.15) is 0 Å². The average molecular weight is 702 g/mol. The van der Waals surface area contributed by atoms with Gasteiger partial charge in [-0.2, -0.15) is 0 Å². The predicted octanol–water partition coefficient (Wildman–Crippen LogP) is 13.6. The van der Waals surface area contributed by atoms with Crippen LogP contribution in [-0.4, -0.2) is 14.5 Å². The number of nitrogens with zero attached hydrogens (tertiary/aromatic N) is 3. The Balaban J connectivity index is 1.09. The van der Waals surface area contributed by atoms with Crippen LogP contribution in [0.5, 0.6) is 0 Å². The van der Waals surface area contributed by atoms with Gasteiger partial charge in [0, 0.05) is 22.2 Å². The molecule has 0 bridgehead atoms. The summed E-state index contributed by atoms with van der Waals surface area (Å²) in [5.74, 6) is 0.916. The van der Waals surface area contributed by atoms with Crippen molar-refractivity contribution in [3.63, 3.8) is 0 Å². The summed E-state index contributed by atoms with van der Waals surface area (Å²) in [5.41, 5.74) is 16.6. The SMILES string of the molecule is c1ccc(-c2ccc(-c3ccc4nc(-c5ccc(-c6ccccc6)cc5)cc(-c5ccc(-c6nc7ccccc7n6-c6ccccc6)cc5)c4c3)cc2)cc1. The zero-order valence-electron chi connectivity index (χ0n) is 30.0. The van der Waals surface area contributed by atoms with Crippen molar-refractivity contribution >= 4 is 21.9 Å². The van der Waals surface area contributed by atoms with Crippen LogP contribution in [0.3, 0.4) is 0 Å². The van der Waals surface area contributed by atoms with Crippen LogP contribution in [0.15, 0.2) is 212 Å². The van der Waals surface area contributed by atoms with Gasteiger partial charge in [0.05, 0.1) is 22.2 Å². The summed E-state index contributed by atoms with van der Waals surface area (Å²) < 4.78 is 2.25. The molecule has 2 aromatic heterocycles. The second-order valence-corrected chi connectivity index (χ2v) is 13.8. The van der Waals surface area contributed by atoms with E-state index in [-0.39, 0.29) is 0 Å². The summed E-state index contributed by atoms with van der Waals surface area (Å²) in [5, 5.41) is 1.11. The van der Waals surface area contributed by atoms with Crippen molar-refractivity contribution in [3.8, 4) is 72.8 Å². The summed E-state index contributed by atoms with van der Waals surface area (Å²) in [6, 6.07) is 75.1. The molecule has 55 heavy (non-hydrogen) atoms. The molecule has 258 valence electrons. The fourth-order valence-corrected chi connectivity index (χ4v) is 7.60. The molecule has 0 spiro atoms. The molecule has 10 rings (SSSR count). The van der Waals surface area contributed by atoms with Gasteiger partial charge in [0.15, 0.2) is 0 Å². The summed E-state index contributed by atoms with van der Waals surface area (Å²) in [4.78, 5) is 10.4. The molecule has 3 nitrogen and oxygen atoms in total. The lowest BCUT2D eigenvalue weighted by atomic mass is 9.94. The molecule has 0 aliphatic heterocycles. The van der Waals surface area contributed by atoms with Crippen molar-refractivity contribution < 1.29 is 0 Å². The normalized spacial score (nSPS) is 11.3. The van der Waals surface area contributed by atoms with E-state index in [1.807, 2.05) is 12.1 Å². The van der Waals surface area contributed by atoms with E-state index in [9.17, 15) is 0 Å². The van der Waals surface area contributed by atoms with E-state index in [0.717, 1.165) is 67.0 Å². The highest BCUT2D eigenvalue weighted by Gasteiger charge is 2.16. The van der Waals surface area contributed by atoms with Gasteiger partial charge in [-0.05, 0) is 87.0 Å². The number of para-hydroxylation sites is 3. The number of hydrogen-bond donors (Lipinski definition) is 0. The molecule has 0 fully saturated rings. The summed E-state index contributed by atoms with van der Waals surface area (Å²) in [6.07, 6.45) is 0. The molecule has 8 aromatic carbocycles. The first-order valence-corrected chi connectivity index (χ1v) is 18.7. The highest BCUT2D eigenvalue weighted by molar-refractivity contribution is 5.99. The Morgan fingerprint density at radius 1 is 0.309 bits per heavy atom. The molecular weight excluding hydrogens is 667 g/mol. The maximum absolute atomic E-state index is 5.24. The molecule has 10 aromatic rings. The number of pyridine rings is 1. The Morgan fingerprint density at radius 3 is 1.42 bits per heavy atom. The van der Waals surface area contributed by atoms with Crippen molar-refractivity contribution in [2.24, 2.45) is 0 Å². The van der Waals surface area contributed by atoms with Crippen LogP contribution in [0.25, 0.3) is 94.8 Å². The van der Waals surface area contributed by atoms with E-state index in [2.05, 4.69) is 205 Å². The molecule has 0 aliphatic carbocycles. The van der Waals surface area contributed by atoms with Gasteiger partial charge in [-0.1, -0.05) is 170 Å². The second kappa shape index (κ2) is 13.9. The largest absolute Gasteiger partial charge is 0.292 e. The van der Waals surface area contributed by atoms with Crippen molar-refractivity contribution in [2.75, 3.05) is 0 Å². The Labute approximate surface area is 320 Å². The Morgan fingerprint density at radius 2 is 0.782 bits per heavy atom. The van der Waals surface area contributed by atoms with Gasteiger partial charge in [-0.15, -0.1) is 0 Å². The second-order valence-electron chi connectivity index (χ2n) is 13.8. The Hall–Kier alpha value is -7.36. The van der Waals surface area contributed by atoms with Crippen LogP contribution in [0.4, 0.5) is 0 Å². The van der Waals surface area contributed by atoms with Crippen LogP contribution in [-0.2, 0) is 0 Å². The van der Waals surface area contributed by atoms with E-state index in [1.54, 1.807) is 0 Å². The maximum atomic E-state index is 5.24. The number of benzene rings is 8. The number of rotatable bonds is 7. The van der Waals surface area contributed by atoms with Gasteiger partial charge >= 0.3 is 0 Å². The predicted molar refractivity (Wildman–Crippen MR) is 229 cm³/mol. The van der Waals surface area contributed by atoms with E-state index in [0.29, 0.717) is 0 Å². The zero-order valence-corrected chi connectivity index (χ0v) is 30.0. The van der Waals surface area contributed by atoms with E-state index in [1.165, 1.54) is 27.8 Å². The maximum Gasteiger partial charge on any atom is 0.145 e. The highest BCUT2D eigenvalue weighted by Crippen LogP contribution is 2.37. The van der Waals surface area contributed by atoms with E-state index in [4.69, 9.17) is 9.97 Å². The van der Waals surface area contributed by atoms with Crippen LogP contribution in [0, 0.1) is 0 Å². The molecule has 0 radical (unpaired) electrons. The van der Waals surface area contributed by atoms with Gasteiger partial charge in [0.2, 0.25) is 0 Å². The molecule has 0 amide bonds. The fraction of sp³-hybridized carbons (Fsp3) is 0. The molecule has 0 atom stereocenters. The zero-order chi connectivity index (χ0) is 36.6. The fourth-order valence-electron chi connectivity index (χ4n) is 7.60. The molecule has 2 heterocycles. The quantitative estimate of drug-likeness (QED) is 0.166. The standard InChI is InChI=1S/C52H35N3/c1-4-12-36(13-5-1)38-20-22-40(23-21-38)44-32-33-48-47(34-44)46(35-50(53-48)42-28-24-39(25-29-42)37-14-6-2-7-15-37)41-26-30-43(31-27-41)52-54-49-18-10-11-19-51(49)55(52)45-16-8-3-9-17-45/h1-35H. The molecule has 0 saturated carbocycles. The molecule has 0 aliphatic rings. The first-order valence-electron chi connectivity index (χ1n) is 18.7. The minimum absolute atomic E-state index is 0.916. The van der Waals surface area contributed by atoms with Gasteiger partial charge in [0.1, 0.15) is 5.82 Å². The van der Waals surface area contributed by atoms with Crippen molar-refractivity contribution in [1.29, 1.82) is 0 Å². The van der Waals surface area contributed by atoms with Crippen molar-refractivity contribution in [2.45, 2.75) is 0 Å². The molecule has 3 heteroatoms. The smallest absolute Gasteiger partial charge is 0.145 e. The molecular formula is C52H35N3. The lowest BCUT2D eigenvalue weighted by Crippen LogP contribution is -1.97. The Bertz CT molecular complexity index is 2910. The average Bonchev–Trinajstić information content (AvgIpc) is 3.67. The summed E-state index contributed by atoms with van der Waals surface area (Å²) >= 11 is 0. The third kappa shape index (κ3) is 6.18. The van der Waals surface area contributed by atoms with Crippen LogP contribution in [0.2, 0.25) is 0 Å². The third-order valence-electron chi connectivity index (χ3n) is 10.5. The first kappa shape index (κ1) is 32.3. The van der Waals surface area contributed by atoms with Gasteiger partial charge in [-0.25, -0.2) is 9.97 Å². The van der Waals surface area contributed by atoms with E-state index >= 15 is 0 Å². The Kier molecular flexibility index (Phi) is 8.16. The van der Waals surface area contributed by atoms with E-state index < -0.39 is 0 Å². The van der Waals surface area contributed by atoms with Crippen molar-refractivity contribution in [1.82, 2.24) is 14.5 Å². The topological polar surface area (TPSA) is 30.7 Å². The number of hydrogen-bond acceptors (Lipinski definition) is 2. The van der Waals surface area contributed by atoms with Crippen LogP contribution >= 0.6 is 0 Å². The minimum atomic E-state index is 0.916. The van der Waals surface area contributed by atoms with Gasteiger partial charge < -0.3 is 0 Å².